The van der Waals surface area contributed by atoms with Crippen molar-refractivity contribution in [3.8, 4) is 5.75 Å². The summed E-state index contributed by atoms with van der Waals surface area (Å²) in [6.07, 6.45) is 0.974. The van der Waals surface area contributed by atoms with Crippen molar-refractivity contribution in [2.75, 3.05) is 11.9 Å². The molecule has 0 bridgehead atoms. The van der Waals surface area contributed by atoms with Gasteiger partial charge in [-0.15, -0.1) is 0 Å². The molecule has 1 amide bonds. The van der Waals surface area contributed by atoms with Crippen LogP contribution in [0.1, 0.15) is 31.7 Å². The molecule has 2 aromatic rings. The molecular weight excluding hydrogens is 366 g/mol. The van der Waals surface area contributed by atoms with Crippen LogP contribution in [0, 0.1) is 10.1 Å². The van der Waals surface area contributed by atoms with Gasteiger partial charge in [0.2, 0.25) is 0 Å². The Balaban J connectivity index is 1.94. The van der Waals surface area contributed by atoms with Crippen LogP contribution in [0.15, 0.2) is 48.5 Å². The molecule has 0 spiro atoms. The molecule has 2 rings (SSSR count). The number of nitrogens with one attached hydrogen (secondary N) is 2. The fraction of sp³-hybridized carbons (Fsp3) is 0.263. The Morgan fingerprint density at radius 2 is 1.89 bits per heavy atom. The third-order valence-corrected chi connectivity index (χ3v) is 4.23. The maximum Gasteiger partial charge on any atom is 0.310 e. The number of anilines is 1. The van der Waals surface area contributed by atoms with Gasteiger partial charge in [0.25, 0.3) is 5.91 Å². The van der Waals surface area contributed by atoms with Crippen LogP contribution < -0.4 is 15.4 Å². The van der Waals surface area contributed by atoms with Gasteiger partial charge in [0, 0.05) is 11.8 Å². The van der Waals surface area contributed by atoms with Gasteiger partial charge in [0.05, 0.1) is 4.92 Å². The van der Waals surface area contributed by atoms with Crippen LogP contribution in [-0.4, -0.2) is 22.5 Å². The molecule has 27 heavy (non-hydrogen) atoms. The molecule has 0 fully saturated rings. The molecular formula is C19H21N3O4S. The van der Waals surface area contributed by atoms with Crippen molar-refractivity contribution in [1.82, 2.24) is 5.32 Å². The number of amides is 1. The predicted octanol–water partition coefficient (Wildman–Crippen LogP) is 4.00. The lowest BCUT2D eigenvalue weighted by Gasteiger charge is -2.17. The maximum absolute atomic E-state index is 12.0. The predicted molar refractivity (Wildman–Crippen MR) is 108 cm³/mol. The quantitative estimate of drug-likeness (QED) is 0.424. The van der Waals surface area contributed by atoms with Gasteiger partial charge in [0.1, 0.15) is 0 Å². The van der Waals surface area contributed by atoms with E-state index in [1.807, 2.05) is 24.3 Å². The minimum absolute atomic E-state index is 0.0265. The van der Waals surface area contributed by atoms with Gasteiger partial charge in [-0.05, 0) is 42.3 Å². The van der Waals surface area contributed by atoms with Gasteiger partial charge in [-0.3, -0.25) is 20.2 Å². The maximum atomic E-state index is 12.0. The first-order valence-corrected chi connectivity index (χ1v) is 8.89. The number of hydrogen-bond donors (Lipinski definition) is 2. The molecule has 0 radical (unpaired) electrons. The molecule has 142 valence electrons. The average molecular weight is 387 g/mol. The van der Waals surface area contributed by atoms with Crippen LogP contribution >= 0.6 is 12.2 Å². The second kappa shape index (κ2) is 9.63. The zero-order valence-electron chi connectivity index (χ0n) is 15.1. The van der Waals surface area contributed by atoms with Crippen LogP contribution in [0.5, 0.6) is 5.75 Å². The summed E-state index contributed by atoms with van der Waals surface area (Å²) in [5.41, 5.74) is 1.73. The number of nitrogens with zero attached hydrogens (tertiary/aromatic N) is 1. The van der Waals surface area contributed by atoms with Crippen molar-refractivity contribution < 1.29 is 14.5 Å². The number of benzene rings is 2. The van der Waals surface area contributed by atoms with E-state index >= 15 is 0 Å². The highest BCUT2D eigenvalue weighted by Gasteiger charge is 2.16. The molecule has 2 N–H and O–H groups in total. The average Bonchev–Trinajstić information content (AvgIpc) is 2.66. The highest BCUT2D eigenvalue weighted by atomic mass is 32.1. The lowest BCUT2D eigenvalue weighted by molar-refractivity contribution is -0.385. The SMILES string of the molecule is CC[C@H](C)c1ccccc1NC(=S)NC(=O)COc1ccccc1[N+](=O)[O-]. The number of thiocarbonyl (C=S) groups is 1. The second-order valence-electron chi connectivity index (χ2n) is 5.91. The third kappa shape index (κ3) is 5.75. The van der Waals surface area contributed by atoms with Crippen molar-refractivity contribution in [2.45, 2.75) is 26.2 Å². The summed E-state index contributed by atoms with van der Waals surface area (Å²) in [7, 11) is 0. The molecule has 0 aliphatic carbocycles. The Morgan fingerprint density at radius 3 is 2.59 bits per heavy atom. The Hall–Kier alpha value is -3.00. The molecule has 0 heterocycles. The van der Waals surface area contributed by atoms with Gasteiger partial charge in [-0.2, -0.15) is 0 Å². The van der Waals surface area contributed by atoms with Crippen molar-refractivity contribution in [3.05, 3.63) is 64.2 Å². The number of carbonyl (C=O) groups excluding carboxylic acids is 1. The second-order valence-corrected chi connectivity index (χ2v) is 6.32. The molecule has 8 heteroatoms. The van der Waals surface area contributed by atoms with Gasteiger partial charge >= 0.3 is 5.69 Å². The monoisotopic (exact) mass is 387 g/mol. The summed E-state index contributed by atoms with van der Waals surface area (Å²) in [4.78, 5) is 22.4. The number of ether oxygens (including phenoxy) is 1. The molecule has 0 saturated heterocycles. The molecule has 1 atom stereocenters. The number of nitro benzene ring substituents is 1. The highest BCUT2D eigenvalue weighted by Crippen LogP contribution is 2.27. The van der Waals surface area contributed by atoms with Gasteiger partial charge in [-0.1, -0.05) is 44.2 Å². The van der Waals surface area contributed by atoms with E-state index in [-0.39, 0.29) is 23.2 Å². The van der Waals surface area contributed by atoms with E-state index in [9.17, 15) is 14.9 Å². The summed E-state index contributed by atoms with van der Waals surface area (Å²) in [5.74, 6) is -0.139. The van der Waals surface area contributed by atoms with E-state index in [4.69, 9.17) is 17.0 Å². The lowest BCUT2D eigenvalue weighted by atomic mass is 9.97. The largest absolute Gasteiger partial charge is 0.477 e. The number of para-hydroxylation sites is 3. The van der Waals surface area contributed by atoms with Crippen molar-refractivity contribution in [3.63, 3.8) is 0 Å². The normalized spacial score (nSPS) is 11.3. The highest BCUT2D eigenvalue weighted by molar-refractivity contribution is 7.80. The van der Waals surface area contributed by atoms with E-state index in [1.165, 1.54) is 18.2 Å². The first-order valence-electron chi connectivity index (χ1n) is 8.48. The Kier molecular flexibility index (Phi) is 7.25. The number of carbonyl (C=O) groups is 1. The summed E-state index contributed by atoms with van der Waals surface area (Å²) in [5, 5.41) is 16.6. The topological polar surface area (TPSA) is 93.5 Å². The smallest absolute Gasteiger partial charge is 0.310 e. The van der Waals surface area contributed by atoms with Gasteiger partial charge in [-0.25, -0.2) is 0 Å². The number of hydrogen-bond acceptors (Lipinski definition) is 5. The van der Waals surface area contributed by atoms with Crippen LogP contribution in [-0.2, 0) is 4.79 Å². The third-order valence-electron chi connectivity index (χ3n) is 4.03. The van der Waals surface area contributed by atoms with E-state index in [2.05, 4.69) is 24.5 Å². The fourth-order valence-electron chi connectivity index (χ4n) is 2.45. The Morgan fingerprint density at radius 1 is 1.22 bits per heavy atom. The zero-order valence-corrected chi connectivity index (χ0v) is 15.9. The first kappa shape index (κ1) is 20.3. The van der Waals surface area contributed by atoms with Crippen molar-refractivity contribution >= 4 is 34.6 Å². The molecule has 0 aromatic heterocycles. The lowest BCUT2D eigenvalue weighted by Crippen LogP contribution is -2.37. The first-order chi connectivity index (χ1) is 12.9. The van der Waals surface area contributed by atoms with Crippen LogP contribution in [0.4, 0.5) is 11.4 Å². The molecule has 2 aromatic carbocycles. The standard InChI is InChI=1S/C19H21N3O4S/c1-3-13(2)14-8-4-5-9-15(14)20-19(27)21-18(23)12-26-17-11-7-6-10-16(17)22(24)25/h4-11,13H,3,12H2,1-2H3,(H2,20,21,23,27)/t13-/m0/s1. The van der Waals surface area contributed by atoms with E-state index in [1.54, 1.807) is 6.07 Å². The van der Waals surface area contributed by atoms with Crippen LogP contribution in [0.3, 0.4) is 0 Å². The number of rotatable bonds is 7. The van der Waals surface area contributed by atoms with E-state index in [0.717, 1.165) is 17.7 Å². The van der Waals surface area contributed by atoms with Gasteiger partial charge < -0.3 is 10.1 Å². The molecule has 0 aliphatic heterocycles. The molecule has 0 aliphatic rings. The summed E-state index contributed by atoms with van der Waals surface area (Å²) < 4.78 is 5.25. The van der Waals surface area contributed by atoms with Crippen molar-refractivity contribution in [2.24, 2.45) is 0 Å². The Labute approximate surface area is 162 Å². The zero-order chi connectivity index (χ0) is 19.8. The summed E-state index contributed by atoms with van der Waals surface area (Å²) >= 11 is 5.19. The number of nitro groups is 1. The van der Waals surface area contributed by atoms with Crippen molar-refractivity contribution in [1.29, 1.82) is 0 Å². The van der Waals surface area contributed by atoms with E-state index < -0.39 is 10.8 Å². The summed E-state index contributed by atoms with van der Waals surface area (Å²) in [6, 6.07) is 13.6. The molecule has 7 nitrogen and oxygen atoms in total. The molecule has 0 unspecified atom stereocenters. The van der Waals surface area contributed by atoms with Crippen LogP contribution in [0.2, 0.25) is 0 Å². The minimum Gasteiger partial charge on any atom is -0.477 e. The Bertz CT molecular complexity index is 841. The minimum atomic E-state index is -0.564. The fourth-order valence-corrected chi connectivity index (χ4v) is 2.67. The van der Waals surface area contributed by atoms with Crippen LogP contribution in [0.25, 0.3) is 0 Å². The van der Waals surface area contributed by atoms with Gasteiger partial charge in [0.15, 0.2) is 17.5 Å². The molecule has 0 saturated carbocycles. The van der Waals surface area contributed by atoms with E-state index in [0.29, 0.717) is 5.92 Å². The summed E-state index contributed by atoms with van der Waals surface area (Å²) in [6.45, 7) is 3.82.